The molecule has 0 fully saturated rings. The first-order valence-corrected chi connectivity index (χ1v) is 20.4. The number of hydrogen-bond acceptors (Lipinski definition) is 4. The fourth-order valence-corrected chi connectivity index (χ4v) is 12.1. The van der Waals surface area contributed by atoms with Crippen LogP contribution in [0.15, 0.2) is 168 Å². The highest BCUT2D eigenvalue weighted by atomic mass is 32.1. The zero-order valence-electron chi connectivity index (χ0n) is 28.3. The van der Waals surface area contributed by atoms with E-state index in [1.54, 1.807) is 0 Å². The molecule has 53 heavy (non-hydrogen) atoms. The molecule has 248 valence electrons. The highest BCUT2D eigenvalue weighted by molar-refractivity contribution is 7.26. The summed E-state index contributed by atoms with van der Waals surface area (Å²) >= 11 is 5.64. The molecule has 4 aromatic heterocycles. The number of benzene rings is 8. The first-order valence-electron chi connectivity index (χ1n) is 17.9. The topological polar surface area (TPSA) is 13.1 Å². The van der Waals surface area contributed by atoms with Gasteiger partial charge in [-0.3, -0.25) is 0 Å². The van der Waals surface area contributed by atoms with Crippen molar-refractivity contribution in [1.82, 2.24) is 0 Å². The van der Waals surface area contributed by atoms with Crippen LogP contribution in [0.1, 0.15) is 22.6 Å². The molecule has 0 bridgehead atoms. The molecule has 0 N–H and O–H groups in total. The summed E-state index contributed by atoms with van der Waals surface area (Å²) in [6, 6.07) is 60.7. The van der Waals surface area contributed by atoms with E-state index in [0.29, 0.717) is 0 Å². The van der Waals surface area contributed by atoms with Gasteiger partial charge in [-0.15, -0.1) is 34.0 Å². The largest absolute Gasteiger partial charge is 0.456 e. The van der Waals surface area contributed by atoms with Crippen LogP contribution in [0.3, 0.4) is 0 Å². The molecule has 0 saturated heterocycles. The van der Waals surface area contributed by atoms with Gasteiger partial charge in [-0.2, -0.15) is 0 Å². The molecule has 0 aliphatic rings. The van der Waals surface area contributed by atoms with E-state index in [-0.39, 0.29) is 5.92 Å². The third-order valence-corrected chi connectivity index (χ3v) is 14.5. The van der Waals surface area contributed by atoms with E-state index in [4.69, 9.17) is 4.42 Å². The Hall–Kier alpha value is -5.78. The predicted molar refractivity (Wildman–Crippen MR) is 232 cm³/mol. The van der Waals surface area contributed by atoms with Crippen LogP contribution in [0.5, 0.6) is 0 Å². The van der Waals surface area contributed by atoms with Crippen LogP contribution < -0.4 is 0 Å². The van der Waals surface area contributed by atoms with Crippen molar-refractivity contribution in [1.29, 1.82) is 0 Å². The van der Waals surface area contributed by atoms with Crippen molar-refractivity contribution in [3.63, 3.8) is 0 Å². The number of hydrogen-bond donors (Lipinski definition) is 0. The second kappa shape index (κ2) is 11.4. The van der Waals surface area contributed by atoms with E-state index in [0.717, 1.165) is 16.6 Å². The highest BCUT2D eigenvalue weighted by Gasteiger charge is 2.24. The van der Waals surface area contributed by atoms with E-state index >= 15 is 0 Å². The third kappa shape index (κ3) is 4.47. The summed E-state index contributed by atoms with van der Waals surface area (Å²) in [6.45, 7) is 0. The molecule has 12 aromatic rings. The average molecular weight is 729 g/mol. The van der Waals surface area contributed by atoms with Gasteiger partial charge in [0.15, 0.2) is 0 Å². The number of furan rings is 1. The minimum absolute atomic E-state index is 0.0608. The first-order chi connectivity index (χ1) is 26.2. The zero-order chi connectivity index (χ0) is 34.6. The minimum Gasteiger partial charge on any atom is -0.456 e. The van der Waals surface area contributed by atoms with Crippen LogP contribution in [-0.4, -0.2) is 0 Å². The monoisotopic (exact) mass is 728 g/mol. The van der Waals surface area contributed by atoms with E-state index in [1.807, 2.05) is 34.0 Å². The highest BCUT2D eigenvalue weighted by Crippen LogP contribution is 2.47. The van der Waals surface area contributed by atoms with Crippen LogP contribution in [0.4, 0.5) is 0 Å². The Kier molecular flexibility index (Phi) is 6.38. The summed E-state index contributed by atoms with van der Waals surface area (Å²) in [4.78, 5) is 0. The Morgan fingerprint density at radius 2 is 0.962 bits per heavy atom. The summed E-state index contributed by atoms with van der Waals surface area (Å²) in [7, 11) is 0. The Balaban J connectivity index is 1.04. The Labute approximate surface area is 316 Å². The van der Waals surface area contributed by atoms with Crippen molar-refractivity contribution >= 4 is 116 Å². The second-order valence-corrected chi connectivity index (χ2v) is 17.2. The fourth-order valence-electron chi connectivity index (χ4n) is 8.61. The van der Waals surface area contributed by atoms with Gasteiger partial charge in [-0.05, 0) is 76.3 Å². The van der Waals surface area contributed by atoms with Crippen LogP contribution in [0.2, 0.25) is 0 Å². The van der Waals surface area contributed by atoms with Crippen molar-refractivity contribution in [2.24, 2.45) is 0 Å². The minimum atomic E-state index is 0.0608. The van der Waals surface area contributed by atoms with Crippen molar-refractivity contribution in [2.75, 3.05) is 0 Å². The maximum atomic E-state index is 6.42. The number of fused-ring (bicyclic) bond motifs is 12. The average Bonchev–Trinajstić information content (AvgIpc) is 3.97. The van der Waals surface area contributed by atoms with E-state index in [9.17, 15) is 0 Å². The summed E-state index contributed by atoms with van der Waals surface area (Å²) in [5.74, 6) is 0.0608. The number of thiophene rings is 3. The van der Waals surface area contributed by atoms with Gasteiger partial charge in [0, 0.05) is 77.2 Å². The lowest BCUT2D eigenvalue weighted by Crippen LogP contribution is -2.04. The molecule has 8 aromatic carbocycles. The van der Waals surface area contributed by atoms with Gasteiger partial charge in [-0.1, -0.05) is 115 Å². The normalized spacial score (nSPS) is 12.8. The molecule has 1 atom stereocenters. The lowest BCUT2D eigenvalue weighted by atomic mass is 9.82. The molecule has 0 aliphatic heterocycles. The quantitative estimate of drug-likeness (QED) is 0.164. The van der Waals surface area contributed by atoms with Gasteiger partial charge < -0.3 is 4.42 Å². The molecule has 0 radical (unpaired) electrons. The van der Waals surface area contributed by atoms with Gasteiger partial charge in [0.1, 0.15) is 11.2 Å². The molecule has 1 unspecified atom stereocenters. The predicted octanol–water partition coefficient (Wildman–Crippen LogP) is 15.5. The Morgan fingerprint density at radius 1 is 0.358 bits per heavy atom. The SMILES string of the molecule is c1ccc2c(c1)sc1cc3oc4ccc(-c5ccc(C(c6cccc7c6sc6ccccc67)c6cccc7sc8ccccc8c67)cc5)cc4c3cc12. The lowest BCUT2D eigenvalue weighted by Gasteiger charge is -2.21. The van der Waals surface area contributed by atoms with E-state index in [2.05, 4.69) is 164 Å². The summed E-state index contributed by atoms with van der Waals surface area (Å²) in [5.41, 5.74) is 8.27. The maximum absolute atomic E-state index is 6.42. The summed E-state index contributed by atoms with van der Waals surface area (Å²) in [6.07, 6.45) is 0. The first kappa shape index (κ1) is 29.8. The Bertz CT molecular complexity index is 3410. The van der Waals surface area contributed by atoms with Crippen molar-refractivity contribution in [2.45, 2.75) is 5.92 Å². The van der Waals surface area contributed by atoms with Gasteiger partial charge in [-0.25, -0.2) is 0 Å². The standard InChI is InChI=1S/C49H28OS3/c1-5-16-43-31(9-1)33-12-7-14-36(49(33)53-43)47(35-13-8-18-45-48(35)34-11-3-6-17-44(34)51-45)29-21-19-28(20-22-29)30-23-24-40-37(25-30)38-26-39-32-10-2-4-15-42(32)52-46(39)27-41(38)50-40/h1-27,47H. The fraction of sp³-hybridized carbons (Fsp3) is 0.0204. The molecular weight excluding hydrogens is 701 g/mol. The van der Waals surface area contributed by atoms with Gasteiger partial charge in [0.05, 0.1) is 0 Å². The number of rotatable bonds is 4. The van der Waals surface area contributed by atoms with Crippen molar-refractivity contribution in [3.05, 3.63) is 180 Å². The van der Waals surface area contributed by atoms with Crippen LogP contribution in [0, 0.1) is 0 Å². The zero-order valence-corrected chi connectivity index (χ0v) is 30.7. The maximum Gasteiger partial charge on any atom is 0.136 e. The summed E-state index contributed by atoms with van der Waals surface area (Å²) in [5, 5.41) is 10.3. The van der Waals surface area contributed by atoms with Crippen LogP contribution in [0.25, 0.3) is 93.6 Å². The lowest BCUT2D eigenvalue weighted by molar-refractivity contribution is 0.669. The summed E-state index contributed by atoms with van der Waals surface area (Å²) < 4.78 is 14.4. The van der Waals surface area contributed by atoms with E-state index < -0.39 is 0 Å². The molecule has 0 saturated carbocycles. The molecular formula is C49H28OS3. The Morgan fingerprint density at radius 3 is 1.79 bits per heavy atom. The van der Waals surface area contributed by atoms with Crippen molar-refractivity contribution < 1.29 is 4.42 Å². The van der Waals surface area contributed by atoms with E-state index in [1.165, 1.54) is 93.7 Å². The smallest absolute Gasteiger partial charge is 0.136 e. The molecule has 0 aliphatic carbocycles. The second-order valence-electron chi connectivity index (χ2n) is 14.0. The molecule has 12 rings (SSSR count). The molecule has 0 amide bonds. The van der Waals surface area contributed by atoms with Gasteiger partial charge >= 0.3 is 0 Å². The van der Waals surface area contributed by atoms with Gasteiger partial charge in [0.25, 0.3) is 0 Å². The molecule has 4 heterocycles. The van der Waals surface area contributed by atoms with Crippen molar-refractivity contribution in [3.8, 4) is 11.1 Å². The van der Waals surface area contributed by atoms with Crippen LogP contribution >= 0.6 is 34.0 Å². The third-order valence-electron chi connectivity index (χ3n) is 11.0. The van der Waals surface area contributed by atoms with Crippen LogP contribution in [-0.2, 0) is 0 Å². The molecule has 0 spiro atoms. The molecule has 1 nitrogen and oxygen atoms in total. The van der Waals surface area contributed by atoms with Gasteiger partial charge in [0.2, 0.25) is 0 Å². The molecule has 4 heteroatoms.